The van der Waals surface area contributed by atoms with Gasteiger partial charge in [-0.3, -0.25) is 9.89 Å². The molecular weight excluding hydrogens is 290 g/mol. The Labute approximate surface area is 134 Å². The highest BCUT2D eigenvalue weighted by Gasteiger charge is 2.33. The third-order valence-corrected chi connectivity index (χ3v) is 4.67. The van der Waals surface area contributed by atoms with Gasteiger partial charge >= 0.3 is 0 Å². The molecule has 0 radical (unpaired) electrons. The molecule has 1 fully saturated rings. The van der Waals surface area contributed by atoms with Crippen molar-refractivity contribution in [3.8, 4) is 0 Å². The molecule has 23 heavy (non-hydrogen) atoms. The summed E-state index contributed by atoms with van der Waals surface area (Å²) < 4.78 is 1.96. The summed E-state index contributed by atoms with van der Waals surface area (Å²) in [5, 5.41) is 7.02. The summed E-state index contributed by atoms with van der Waals surface area (Å²) in [7, 11) is 0. The second kappa shape index (κ2) is 5.53. The first-order chi connectivity index (χ1) is 11.3. The van der Waals surface area contributed by atoms with Gasteiger partial charge in [-0.25, -0.2) is 4.98 Å². The number of para-hydroxylation sites is 2. The number of benzene rings is 1. The lowest BCUT2D eigenvalue weighted by Gasteiger charge is -2.27. The van der Waals surface area contributed by atoms with Crippen LogP contribution in [-0.4, -0.2) is 37.1 Å². The maximum absolute atomic E-state index is 13.0. The Morgan fingerprint density at radius 3 is 3.04 bits per heavy atom. The van der Waals surface area contributed by atoms with E-state index in [-0.39, 0.29) is 18.0 Å². The number of hydrogen-bond acceptors (Lipinski definition) is 3. The molecule has 0 spiro atoms. The number of nitrogens with one attached hydrogen (secondary N) is 1. The molecule has 1 aliphatic heterocycles. The van der Waals surface area contributed by atoms with Crippen LogP contribution in [0.15, 0.2) is 42.9 Å². The standard InChI is InChI=1S/C17H19N5O/c1-12(22-11-18-13-5-2-3-6-15(13)22)17(23)21-10-4-7-16(21)14-8-9-19-20-14/h2-3,5-6,8-9,11-12,16H,4,7,10H2,1H3,(H,19,20). The summed E-state index contributed by atoms with van der Waals surface area (Å²) in [6.07, 6.45) is 5.50. The van der Waals surface area contributed by atoms with Crippen LogP contribution in [0.25, 0.3) is 11.0 Å². The van der Waals surface area contributed by atoms with Crippen molar-refractivity contribution in [3.63, 3.8) is 0 Å². The molecule has 118 valence electrons. The Morgan fingerprint density at radius 2 is 2.22 bits per heavy atom. The van der Waals surface area contributed by atoms with Gasteiger partial charge in [-0.2, -0.15) is 5.10 Å². The maximum Gasteiger partial charge on any atom is 0.245 e. The number of H-pyrrole nitrogens is 1. The van der Waals surface area contributed by atoms with Crippen molar-refractivity contribution in [1.29, 1.82) is 0 Å². The molecule has 0 bridgehead atoms. The van der Waals surface area contributed by atoms with E-state index in [1.165, 1.54) is 0 Å². The third-order valence-electron chi connectivity index (χ3n) is 4.67. The number of fused-ring (bicyclic) bond motifs is 1. The molecule has 3 aromatic rings. The van der Waals surface area contributed by atoms with Crippen molar-refractivity contribution in [2.45, 2.75) is 31.8 Å². The largest absolute Gasteiger partial charge is 0.332 e. The van der Waals surface area contributed by atoms with Crippen LogP contribution < -0.4 is 0 Å². The quantitative estimate of drug-likeness (QED) is 0.809. The van der Waals surface area contributed by atoms with E-state index in [9.17, 15) is 4.79 Å². The van der Waals surface area contributed by atoms with Gasteiger partial charge in [0, 0.05) is 12.7 Å². The molecule has 2 atom stereocenters. The molecule has 1 saturated heterocycles. The number of amides is 1. The SMILES string of the molecule is CC(C(=O)N1CCCC1c1ccn[nH]1)n1cnc2ccccc21. The topological polar surface area (TPSA) is 66.8 Å². The van der Waals surface area contributed by atoms with Crippen molar-refractivity contribution < 1.29 is 4.79 Å². The number of carbonyl (C=O) groups excluding carboxylic acids is 1. The number of imidazole rings is 1. The van der Waals surface area contributed by atoms with Crippen molar-refractivity contribution in [2.24, 2.45) is 0 Å². The van der Waals surface area contributed by atoms with Gasteiger partial charge in [0.05, 0.1) is 29.1 Å². The van der Waals surface area contributed by atoms with Crippen LogP contribution in [0.4, 0.5) is 0 Å². The first-order valence-corrected chi connectivity index (χ1v) is 7.97. The van der Waals surface area contributed by atoms with E-state index in [2.05, 4.69) is 15.2 Å². The van der Waals surface area contributed by atoms with Crippen molar-refractivity contribution >= 4 is 16.9 Å². The highest BCUT2D eigenvalue weighted by atomic mass is 16.2. The Balaban J connectivity index is 1.63. The molecule has 1 aromatic carbocycles. The van der Waals surface area contributed by atoms with Crippen LogP contribution in [0.3, 0.4) is 0 Å². The van der Waals surface area contributed by atoms with Crippen LogP contribution in [0.1, 0.15) is 37.5 Å². The molecule has 6 heteroatoms. The summed E-state index contributed by atoms with van der Waals surface area (Å²) in [6.45, 7) is 2.73. The lowest BCUT2D eigenvalue weighted by Crippen LogP contribution is -2.35. The van der Waals surface area contributed by atoms with Gasteiger partial charge in [-0.15, -0.1) is 0 Å². The second-order valence-electron chi connectivity index (χ2n) is 6.02. The lowest BCUT2D eigenvalue weighted by atomic mass is 10.1. The van der Waals surface area contributed by atoms with Crippen LogP contribution in [0.2, 0.25) is 0 Å². The van der Waals surface area contributed by atoms with Gasteiger partial charge in [0.2, 0.25) is 5.91 Å². The summed E-state index contributed by atoms with van der Waals surface area (Å²) in [5.41, 5.74) is 2.92. The van der Waals surface area contributed by atoms with Crippen molar-refractivity contribution in [1.82, 2.24) is 24.6 Å². The molecule has 1 amide bonds. The van der Waals surface area contributed by atoms with Crippen molar-refractivity contribution in [3.05, 3.63) is 48.5 Å². The monoisotopic (exact) mass is 309 g/mol. The third kappa shape index (κ3) is 2.30. The molecule has 2 aromatic heterocycles. The van der Waals surface area contributed by atoms with Gasteiger partial charge in [-0.05, 0) is 38.0 Å². The van der Waals surface area contributed by atoms with E-state index in [4.69, 9.17) is 0 Å². The number of rotatable bonds is 3. The molecule has 0 aliphatic carbocycles. The number of hydrogen-bond donors (Lipinski definition) is 1. The molecule has 1 N–H and O–H groups in total. The van der Waals surface area contributed by atoms with Gasteiger partial charge in [0.1, 0.15) is 6.04 Å². The summed E-state index contributed by atoms with van der Waals surface area (Å²) in [6, 6.07) is 9.68. The minimum absolute atomic E-state index is 0.0993. The molecule has 0 saturated carbocycles. The zero-order chi connectivity index (χ0) is 15.8. The van der Waals surface area contributed by atoms with Crippen LogP contribution >= 0.6 is 0 Å². The molecule has 6 nitrogen and oxygen atoms in total. The molecule has 2 unspecified atom stereocenters. The zero-order valence-electron chi connectivity index (χ0n) is 13.0. The van der Waals surface area contributed by atoms with Gasteiger partial charge < -0.3 is 9.47 Å². The fourth-order valence-corrected chi connectivity index (χ4v) is 3.45. The van der Waals surface area contributed by atoms with Crippen molar-refractivity contribution in [2.75, 3.05) is 6.54 Å². The average molecular weight is 309 g/mol. The number of carbonyl (C=O) groups is 1. The van der Waals surface area contributed by atoms with Crippen LogP contribution in [-0.2, 0) is 4.79 Å². The smallest absolute Gasteiger partial charge is 0.245 e. The number of nitrogens with zero attached hydrogens (tertiary/aromatic N) is 4. The Bertz CT molecular complexity index is 823. The number of aromatic amines is 1. The van der Waals surface area contributed by atoms with Gasteiger partial charge in [-0.1, -0.05) is 12.1 Å². The maximum atomic E-state index is 13.0. The summed E-state index contributed by atoms with van der Waals surface area (Å²) >= 11 is 0. The first-order valence-electron chi connectivity index (χ1n) is 7.97. The molecule has 1 aliphatic rings. The normalized spacial score (nSPS) is 19.3. The Morgan fingerprint density at radius 1 is 1.35 bits per heavy atom. The van der Waals surface area contributed by atoms with E-state index in [1.54, 1.807) is 12.5 Å². The van der Waals surface area contributed by atoms with Gasteiger partial charge in [0.25, 0.3) is 0 Å². The minimum atomic E-state index is -0.272. The zero-order valence-corrected chi connectivity index (χ0v) is 13.0. The number of aromatic nitrogens is 4. The Hall–Kier alpha value is -2.63. The van der Waals surface area contributed by atoms with Gasteiger partial charge in [0.15, 0.2) is 0 Å². The van der Waals surface area contributed by atoms with E-state index in [1.807, 2.05) is 46.7 Å². The van der Waals surface area contributed by atoms with Crippen LogP contribution in [0, 0.1) is 0 Å². The summed E-state index contributed by atoms with van der Waals surface area (Å²) in [5.74, 6) is 0.130. The average Bonchev–Trinajstić information content (AvgIpc) is 3.31. The second-order valence-corrected chi connectivity index (χ2v) is 6.02. The fourth-order valence-electron chi connectivity index (χ4n) is 3.45. The molecule has 3 heterocycles. The fraction of sp³-hybridized carbons (Fsp3) is 0.353. The minimum Gasteiger partial charge on any atom is -0.332 e. The highest BCUT2D eigenvalue weighted by Crippen LogP contribution is 2.33. The summed E-state index contributed by atoms with van der Waals surface area (Å²) in [4.78, 5) is 19.4. The van der Waals surface area contributed by atoms with Crippen LogP contribution in [0.5, 0.6) is 0 Å². The highest BCUT2D eigenvalue weighted by molar-refractivity contribution is 5.84. The first kappa shape index (κ1) is 14.0. The van der Waals surface area contributed by atoms with E-state index in [0.29, 0.717) is 0 Å². The predicted molar refractivity (Wildman–Crippen MR) is 86.7 cm³/mol. The molecule has 4 rings (SSSR count). The molecular formula is C17H19N5O. The van der Waals surface area contributed by atoms with E-state index < -0.39 is 0 Å². The van der Waals surface area contributed by atoms with E-state index >= 15 is 0 Å². The Kier molecular flexibility index (Phi) is 3.37. The lowest BCUT2D eigenvalue weighted by molar-refractivity contribution is -0.135. The number of likely N-dealkylation sites (tertiary alicyclic amines) is 1. The van der Waals surface area contributed by atoms with E-state index in [0.717, 1.165) is 36.1 Å². The predicted octanol–water partition coefficient (Wildman–Crippen LogP) is 2.68.